The molecule has 0 atom stereocenters. The predicted molar refractivity (Wildman–Crippen MR) is 99.7 cm³/mol. The molecule has 0 aromatic heterocycles. The molecule has 0 heterocycles. The van der Waals surface area contributed by atoms with Crippen molar-refractivity contribution in [2.75, 3.05) is 6.54 Å². The molecule has 0 aliphatic rings. The molecule has 25 heavy (non-hydrogen) atoms. The topological polar surface area (TPSA) is 138 Å². The SMILES string of the molecule is CCCCCCCCCCCC(=O)NCC(S(=O)(=O)O)S(=O)(=O)O.[Ca+2].[H-].[H-]. The third kappa shape index (κ3) is 15.3. The van der Waals surface area contributed by atoms with E-state index in [2.05, 4.69) is 12.2 Å². The molecule has 0 aliphatic heterocycles. The molecule has 3 N–H and O–H groups in total. The van der Waals surface area contributed by atoms with Crippen molar-refractivity contribution >= 4 is 63.9 Å². The van der Waals surface area contributed by atoms with E-state index in [4.69, 9.17) is 9.11 Å². The van der Waals surface area contributed by atoms with Crippen LogP contribution in [0.3, 0.4) is 0 Å². The Labute approximate surface area is 184 Å². The molecule has 1 amide bonds. The van der Waals surface area contributed by atoms with Crippen molar-refractivity contribution in [3.8, 4) is 0 Å². The molecule has 0 fully saturated rings. The summed E-state index contributed by atoms with van der Waals surface area (Å²) in [6.07, 6.45) is 9.86. The largest absolute Gasteiger partial charge is 2.00 e. The number of carbonyl (C=O) groups is 1. The average Bonchev–Trinajstić information content (AvgIpc) is 2.42. The molecule has 0 aromatic carbocycles. The van der Waals surface area contributed by atoms with Gasteiger partial charge in [-0.25, -0.2) is 0 Å². The molecule has 0 saturated heterocycles. The van der Waals surface area contributed by atoms with Crippen molar-refractivity contribution in [1.29, 1.82) is 0 Å². The van der Waals surface area contributed by atoms with Crippen molar-refractivity contribution in [1.82, 2.24) is 5.32 Å². The van der Waals surface area contributed by atoms with Gasteiger partial charge >= 0.3 is 37.7 Å². The summed E-state index contributed by atoms with van der Waals surface area (Å²) < 4.78 is 58.6. The first-order valence-corrected chi connectivity index (χ1v) is 11.3. The number of hydrogen-bond acceptors (Lipinski definition) is 5. The Morgan fingerprint density at radius 1 is 0.880 bits per heavy atom. The third-order valence-electron chi connectivity index (χ3n) is 3.64. The van der Waals surface area contributed by atoms with Crippen molar-refractivity contribution in [3.63, 3.8) is 0 Å². The van der Waals surface area contributed by atoms with Crippen molar-refractivity contribution in [3.05, 3.63) is 0 Å². The number of amides is 1. The Morgan fingerprint density at radius 3 is 1.68 bits per heavy atom. The van der Waals surface area contributed by atoms with Gasteiger partial charge in [0.1, 0.15) is 0 Å². The van der Waals surface area contributed by atoms with Crippen LogP contribution < -0.4 is 5.32 Å². The van der Waals surface area contributed by atoms with E-state index < -0.39 is 37.3 Å². The molecular formula is C14H31CaNO7S2. The second-order valence-electron chi connectivity index (χ2n) is 5.84. The Bertz CT molecular complexity index is 542. The van der Waals surface area contributed by atoms with Gasteiger partial charge in [-0.15, -0.1) is 0 Å². The number of hydrogen-bond donors (Lipinski definition) is 3. The molecular weight excluding hydrogens is 398 g/mol. The third-order valence-corrected chi connectivity index (χ3v) is 6.76. The maximum Gasteiger partial charge on any atom is 2.00 e. The minimum absolute atomic E-state index is 0. The summed E-state index contributed by atoms with van der Waals surface area (Å²) >= 11 is 0. The normalized spacial score (nSPS) is 12.0. The van der Waals surface area contributed by atoms with Gasteiger partial charge in [0.2, 0.25) is 10.5 Å². The molecule has 148 valence electrons. The molecule has 0 unspecified atom stereocenters. The monoisotopic (exact) mass is 429 g/mol. The summed E-state index contributed by atoms with van der Waals surface area (Å²) in [5, 5.41) is 2.10. The number of carbonyl (C=O) groups excluding carboxylic acids is 1. The molecule has 0 saturated carbocycles. The van der Waals surface area contributed by atoms with E-state index in [0.717, 1.165) is 19.3 Å². The second kappa shape index (κ2) is 14.6. The van der Waals surface area contributed by atoms with Crippen LogP contribution in [0.15, 0.2) is 0 Å². The smallest absolute Gasteiger partial charge is 1.00 e. The summed E-state index contributed by atoms with van der Waals surface area (Å²) in [6, 6.07) is 0. The Balaban J connectivity index is -0.000000882. The van der Waals surface area contributed by atoms with Crippen LogP contribution in [0.2, 0.25) is 0 Å². The van der Waals surface area contributed by atoms with E-state index in [9.17, 15) is 21.6 Å². The fraction of sp³-hybridized carbons (Fsp3) is 0.929. The molecule has 8 nitrogen and oxygen atoms in total. The van der Waals surface area contributed by atoms with Crippen LogP contribution in [0.5, 0.6) is 0 Å². The van der Waals surface area contributed by atoms with Gasteiger partial charge in [-0.1, -0.05) is 58.3 Å². The summed E-state index contributed by atoms with van der Waals surface area (Å²) in [5.74, 6) is -0.518. The van der Waals surface area contributed by atoms with Gasteiger partial charge in [0.15, 0.2) is 0 Å². The first-order valence-electron chi connectivity index (χ1n) is 8.28. The fourth-order valence-corrected chi connectivity index (χ4v) is 4.06. The standard InChI is InChI=1S/C14H29NO7S2.Ca.2H/c1-2-3-4-5-6-7-8-9-10-11-13(16)15-12-14(23(17,18)19)24(20,21)22;;;/h14H,2-12H2,1H3,(H,15,16)(H,17,18,19)(H,20,21,22);;;/q;+2;2*-1. The summed E-state index contributed by atoms with van der Waals surface area (Å²) in [5.41, 5.74) is 0. The van der Waals surface area contributed by atoms with E-state index in [0.29, 0.717) is 6.42 Å². The maximum absolute atomic E-state index is 11.5. The van der Waals surface area contributed by atoms with E-state index >= 15 is 0 Å². The summed E-state index contributed by atoms with van der Waals surface area (Å²) in [4.78, 5) is 11.5. The van der Waals surface area contributed by atoms with Gasteiger partial charge in [0, 0.05) is 6.42 Å². The fourth-order valence-electron chi connectivity index (χ4n) is 2.25. The van der Waals surface area contributed by atoms with Gasteiger partial charge in [0.25, 0.3) is 20.2 Å². The van der Waals surface area contributed by atoms with Crippen LogP contribution in [0.25, 0.3) is 0 Å². The van der Waals surface area contributed by atoms with Crippen LogP contribution in [-0.4, -0.2) is 80.7 Å². The van der Waals surface area contributed by atoms with Crippen molar-refractivity contribution in [2.45, 2.75) is 75.7 Å². The van der Waals surface area contributed by atoms with Crippen molar-refractivity contribution in [2.24, 2.45) is 0 Å². The first kappa shape index (κ1) is 27.8. The number of nitrogens with one attached hydrogen (secondary N) is 1. The minimum Gasteiger partial charge on any atom is -1.00 e. The maximum atomic E-state index is 11.5. The molecule has 0 aromatic rings. The van der Waals surface area contributed by atoms with Gasteiger partial charge in [0.05, 0.1) is 6.54 Å². The van der Waals surface area contributed by atoms with Crippen LogP contribution in [0.4, 0.5) is 0 Å². The van der Waals surface area contributed by atoms with Gasteiger partial charge < -0.3 is 8.17 Å². The van der Waals surface area contributed by atoms with Gasteiger partial charge in [-0.2, -0.15) is 16.8 Å². The van der Waals surface area contributed by atoms with E-state index in [1.165, 1.54) is 32.1 Å². The van der Waals surface area contributed by atoms with Crippen LogP contribution in [0, 0.1) is 0 Å². The molecule has 0 spiro atoms. The quantitative estimate of drug-likeness (QED) is 0.218. The zero-order valence-electron chi connectivity index (χ0n) is 16.8. The summed E-state index contributed by atoms with van der Waals surface area (Å²) in [6.45, 7) is 1.28. The van der Waals surface area contributed by atoms with Crippen molar-refractivity contribution < 1.29 is 33.6 Å². The van der Waals surface area contributed by atoms with E-state index in [-0.39, 0.29) is 47.0 Å². The molecule has 0 bridgehead atoms. The van der Waals surface area contributed by atoms with Crippen LogP contribution in [-0.2, 0) is 25.0 Å². The number of rotatable bonds is 14. The van der Waals surface area contributed by atoms with Crippen LogP contribution in [0.1, 0.15) is 74.0 Å². The molecule has 0 radical (unpaired) electrons. The first-order chi connectivity index (χ1) is 11.1. The number of unbranched alkanes of at least 4 members (excludes halogenated alkanes) is 8. The van der Waals surface area contributed by atoms with Gasteiger partial charge in [-0.05, 0) is 6.42 Å². The Hall–Kier alpha value is 0.550. The summed E-state index contributed by atoms with van der Waals surface area (Å²) in [7, 11) is -10.0. The molecule has 0 aliphatic carbocycles. The van der Waals surface area contributed by atoms with E-state index in [1.807, 2.05) is 0 Å². The minimum atomic E-state index is -5.01. The average molecular weight is 430 g/mol. The Kier molecular flexibility index (Phi) is 16.2. The van der Waals surface area contributed by atoms with Crippen LogP contribution >= 0.6 is 0 Å². The Morgan fingerprint density at radius 2 is 1.28 bits per heavy atom. The zero-order chi connectivity index (χ0) is 18.6. The zero-order valence-corrected chi connectivity index (χ0v) is 18.7. The molecule has 11 heteroatoms. The predicted octanol–water partition coefficient (Wildman–Crippen LogP) is 1.97. The van der Waals surface area contributed by atoms with E-state index in [1.54, 1.807) is 0 Å². The second-order valence-corrected chi connectivity index (χ2v) is 9.34. The van der Waals surface area contributed by atoms with Gasteiger partial charge in [-0.3, -0.25) is 13.9 Å². The molecule has 0 rings (SSSR count).